The Morgan fingerprint density at radius 3 is 1.79 bits per heavy atom. The number of rotatable bonds is 33. The fourth-order valence-corrected chi connectivity index (χ4v) is 5.75. The largest absolute Gasteiger partial charge is 0.472 e. The summed E-state index contributed by atoms with van der Waals surface area (Å²) in [5, 5.41) is 13.7. The van der Waals surface area contributed by atoms with Gasteiger partial charge in [0, 0.05) is 6.42 Å². The summed E-state index contributed by atoms with van der Waals surface area (Å²) in [6.07, 6.45) is 37.7. The molecular formula is C39H74N2O6P+. The van der Waals surface area contributed by atoms with Crippen LogP contribution in [0.4, 0.5) is 0 Å². The van der Waals surface area contributed by atoms with Crippen LogP contribution in [0.5, 0.6) is 0 Å². The van der Waals surface area contributed by atoms with E-state index in [2.05, 4.69) is 42.6 Å². The van der Waals surface area contributed by atoms with Crippen molar-refractivity contribution in [1.82, 2.24) is 5.32 Å². The number of carbonyl (C=O) groups is 1. The second-order valence-electron chi connectivity index (χ2n) is 13.9. The van der Waals surface area contributed by atoms with Crippen LogP contribution in [0.3, 0.4) is 0 Å². The van der Waals surface area contributed by atoms with Crippen LogP contribution in [0, 0.1) is 0 Å². The zero-order chi connectivity index (χ0) is 35.8. The highest BCUT2D eigenvalue weighted by Gasteiger charge is 2.27. The lowest BCUT2D eigenvalue weighted by Gasteiger charge is -2.25. The normalized spacial score (nSPS) is 15.2. The summed E-state index contributed by atoms with van der Waals surface area (Å²) in [6.45, 7) is 4.51. The third-order valence-electron chi connectivity index (χ3n) is 8.09. The van der Waals surface area contributed by atoms with E-state index >= 15 is 0 Å². The molecule has 0 aromatic rings. The number of quaternary nitrogens is 1. The minimum Gasteiger partial charge on any atom is -0.387 e. The number of nitrogens with one attached hydrogen (secondary N) is 1. The van der Waals surface area contributed by atoms with E-state index < -0.39 is 20.0 Å². The highest BCUT2D eigenvalue weighted by Crippen LogP contribution is 2.43. The summed E-state index contributed by atoms with van der Waals surface area (Å²) in [7, 11) is 1.53. The van der Waals surface area contributed by atoms with Crippen LogP contribution >= 0.6 is 7.82 Å². The molecule has 0 rings (SSSR count). The fourth-order valence-electron chi connectivity index (χ4n) is 5.01. The number of aliphatic hydroxyl groups is 1. The van der Waals surface area contributed by atoms with Gasteiger partial charge in [-0.05, 0) is 64.7 Å². The van der Waals surface area contributed by atoms with Crippen LogP contribution in [0.25, 0.3) is 0 Å². The van der Waals surface area contributed by atoms with Gasteiger partial charge in [-0.3, -0.25) is 13.8 Å². The molecule has 0 bridgehead atoms. The maximum absolute atomic E-state index is 12.8. The zero-order valence-corrected chi connectivity index (χ0v) is 32.4. The van der Waals surface area contributed by atoms with E-state index in [0.29, 0.717) is 17.4 Å². The molecule has 0 saturated heterocycles. The highest BCUT2D eigenvalue weighted by atomic mass is 31.2. The average Bonchev–Trinajstić information content (AvgIpc) is 3.02. The van der Waals surface area contributed by atoms with Crippen LogP contribution in [-0.4, -0.2) is 73.4 Å². The van der Waals surface area contributed by atoms with Crippen molar-refractivity contribution in [3.8, 4) is 0 Å². The molecule has 48 heavy (non-hydrogen) atoms. The van der Waals surface area contributed by atoms with Crippen molar-refractivity contribution >= 4 is 13.7 Å². The molecule has 0 aromatic carbocycles. The first-order valence-corrected chi connectivity index (χ1v) is 20.5. The van der Waals surface area contributed by atoms with Gasteiger partial charge in [0.2, 0.25) is 5.91 Å². The lowest BCUT2D eigenvalue weighted by Crippen LogP contribution is -2.45. The van der Waals surface area contributed by atoms with Crippen molar-refractivity contribution in [2.24, 2.45) is 0 Å². The van der Waals surface area contributed by atoms with Gasteiger partial charge in [-0.2, -0.15) is 0 Å². The van der Waals surface area contributed by atoms with Crippen LogP contribution in [0.2, 0.25) is 0 Å². The van der Waals surface area contributed by atoms with E-state index in [1.165, 1.54) is 77.0 Å². The standard InChI is InChI=1S/C39H73N2O6P/c1-6-8-10-12-14-16-17-18-19-20-21-22-23-25-27-29-31-33-39(43)40-37(36-47-48(44,45)46-35-34-41(3,4)5)38(42)32-30-28-26-24-15-13-11-9-7-2/h7,9,15,18-19,24,30,32,37-38,42H,6,8,10-14,16-17,20-23,25-29,31,33-36H2,1-5H3,(H-,40,43,44,45)/p+1/b9-7+,19-18-,24-15+,32-30+. The lowest BCUT2D eigenvalue weighted by atomic mass is 10.1. The van der Waals surface area contributed by atoms with Gasteiger partial charge >= 0.3 is 7.82 Å². The number of allylic oxidation sites excluding steroid dienone is 7. The summed E-state index contributed by atoms with van der Waals surface area (Å²) in [4.78, 5) is 22.9. The number of phosphoric acid groups is 1. The molecule has 0 aliphatic carbocycles. The van der Waals surface area contributed by atoms with E-state index in [-0.39, 0.29) is 19.1 Å². The fraction of sp³-hybridized carbons (Fsp3) is 0.769. The Balaban J connectivity index is 4.47. The van der Waals surface area contributed by atoms with Crippen LogP contribution < -0.4 is 5.32 Å². The molecule has 1 amide bonds. The summed E-state index contributed by atoms with van der Waals surface area (Å²) in [6, 6.07) is -0.868. The number of likely N-dealkylation sites (N-methyl/N-ethyl adjacent to an activating group) is 1. The van der Waals surface area contributed by atoms with E-state index in [1.54, 1.807) is 6.08 Å². The van der Waals surface area contributed by atoms with Crippen molar-refractivity contribution < 1.29 is 32.9 Å². The van der Waals surface area contributed by atoms with Crippen LogP contribution in [0.15, 0.2) is 48.6 Å². The van der Waals surface area contributed by atoms with Crippen LogP contribution in [-0.2, 0) is 18.4 Å². The van der Waals surface area contributed by atoms with Gasteiger partial charge in [0.25, 0.3) is 0 Å². The van der Waals surface area contributed by atoms with Gasteiger partial charge in [0.15, 0.2) is 0 Å². The SMILES string of the molecule is C/C=C/CC/C=C/CC/C=C/C(O)C(COP(=O)(O)OCC[N+](C)(C)C)NC(=O)CCCCCCCCC/C=C\CCCCCCCC. The Morgan fingerprint density at radius 1 is 0.729 bits per heavy atom. The van der Waals surface area contributed by atoms with Crippen molar-refractivity contribution in [2.75, 3.05) is 40.9 Å². The molecule has 0 aromatic heterocycles. The molecule has 3 N–H and O–H groups in total. The van der Waals surface area contributed by atoms with E-state index in [1.807, 2.05) is 40.2 Å². The summed E-state index contributed by atoms with van der Waals surface area (Å²) < 4.78 is 23.4. The molecule has 0 aliphatic rings. The number of aliphatic hydroxyl groups excluding tert-OH is 1. The maximum Gasteiger partial charge on any atom is 0.472 e. The van der Waals surface area contributed by atoms with Gasteiger partial charge in [-0.1, -0.05) is 120 Å². The maximum atomic E-state index is 12.8. The summed E-state index contributed by atoms with van der Waals surface area (Å²) in [5.74, 6) is -0.202. The monoisotopic (exact) mass is 698 g/mol. The molecule has 3 atom stereocenters. The van der Waals surface area contributed by atoms with Gasteiger partial charge < -0.3 is 19.8 Å². The molecule has 3 unspecified atom stereocenters. The zero-order valence-electron chi connectivity index (χ0n) is 31.5. The second-order valence-corrected chi connectivity index (χ2v) is 15.4. The molecule has 0 saturated carbocycles. The topological polar surface area (TPSA) is 105 Å². The Morgan fingerprint density at radius 2 is 1.23 bits per heavy atom. The van der Waals surface area contributed by atoms with Crippen molar-refractivity contribution in [3.63, 3.8) is 0 Å². The average molecular weight is 698 g/mol. The number of carbonyl (C=O) groups excluding carboxylic acids is 1. The number of nitrogens with zero attached hydrogens (tertiary/aromatic N) is 1. The third kappa shape index (κ3) is 33.0. The number of hydrogen-bond donors (Lipinski definition) is 3. The minimum absolute atomic E-state index is 0.0510. The number of hydrogen-bond acceptors (Lipinski definition) is 5. The Hall–Kier alpha value is -1.54. The number of amides is 1. The van der Waals surface area contributed by atoms with Crippen molar-refractivity contribution in [1.29, 1.82) is 0 Å². The molecule has 0 radical (unpaired) electrons. The minimum atomic E-state index is -4.34. The molecule has 280 valence electrons. The predicted octanol–water partition coefficient (Wildman–Crippen LogP) is 9.74. The molecule has 0 heterocycles. The first-order chi connectivity index (χ1) is 23.0. The third-order valence-corrected chi connectivity index (χ3v) is 9.08. The smallest absolute Gasteiger partial charge is 0.387 e. The first-order valence-electron chi connectivity index (χ1n) is 19.0. The van der Waals surface area contributed by atoms with Gasteiger partial charge in [0.1, 0.15) is 13.2 Å². The molecule has 9 heteroatoms. The van der Waals surface area contributed by atoms with Crippen molar-refractivity contribution in [2.45, 2.75) is 154 Å². The van der Waals surface area contributed by atoms with E-state index in [4.69, 9.17) is 9.05 Å². The van der Waals surface area contributed by atoms with Gasteiger partial charge in [-0.15, -0.1) is 0 Å². The van der Waals surface area contributed by atoms with Gasteiger partial charge in [-0.25, -0.2) is 4.57 Å². The Kier molecular flexibility index (Phi) is 30.4. The molecule has 0 fully saturated rings. The quantitative estimate of drug-likeness (QED) is 0.0273. The summed E-state index contributed by atoms with van der Waals surface area (Å²) >= 11 is 0. The lowest BCUT2D eigenvalue weighted by molar-refractivity contribution is -0.870. The summed E-state index contributed by atoms with van der Waals surface area (Å²) in [5.41, 5.74) is 0. The number of phosphoric ester groups is 1. The molecular weight excluding hydrogens is 623 g/mol. The first kappa shape index (κ1) is 46.5. The van der Waals surface area contributed by atoms with Crippen molar-refractivity contribution in [3.05, 3.63) is 48.6 Å². The molecule has 0 spiro atoms. The van der Waals surface area contributed by atoms with Crippen LogP contribution in [0.1, 0.15) is 142 Å². The van der Waals surface area contributed by atoms with Gasteiger partial charge in [0.05, 0.1) is 39.9 Å². The Bertz CT molecular complexity index is 928. The highest BCUT2D eigenvalue weighted by molar-refractivity contribution is 7.47. The molecule has 8 nitrogen and oxygen atoms in total. The van der Waals surface area contributed by atoms with E-state index in [0.717, 1.165) is 44.9 Å². The molecule has 0 aliphatic heterocycles. The second kappa shape index (κ2) is 31.4. The predicted molar refractivity (Wildman–Crippen MR) is 203 cm³/mol. The Labute approximate surface area is 295 Å². The number of unbranched alkanes of at least 4 members (excludes halogenated alkanes) is 15. The van der Waals surface area contributed by atoms with E-state index in [9.17, 15) is 19.4 Å².